The highest BCUT2D eigenvalue weighted by Gasteiger charge is 2.42. The van der Waals surface area contributed by atoms with Gasteiger partial charge in [0, 0.05) is 36.3 Å². The molecule has 0 saturated heterocycles. The SMILES string of the molecule is CCCN(CC1CC(N2C(=O)c3cccc(c3)S(=O)(=O)Nc3nc(cc(-c4c(C)cccc4C)n3)OC[C@H]2CC(C)(C)C)C1)C(=O)OC(C)(C)C. The number of nitrogens with one attached hydrogen (secondary N) is 1. The van der Waals surface area contributed by atoms with Crippen LogP contribution in [0.2, 0.25) is 0 Å². The Balaban J connectivity index is 1.53. The monoisotopic (exact) mass is 719 g/mol. The largest absolute Gasteiger partial charge is 0.475 e. The first-order chi connectivity index (χ1) is 23.8. The van der Waals surface area contributed by atoms with Crippen LogP contribution >= 0.6 is 0 Å². The minimum Gasteiger partial charge on any atom is -0.475 e. The Morgan fingerprint density at radius 1 is 1.02 bits per heavy atom. The molecule has 1 atom stereocenters. The van der Waals surface area contributed by atoms with Gasteiger partial charge in [0.1, 0.15) is 12.2 Å². The van der Waals surface area contributed by atoms with E-state index in [-0.39, 0.29) is 64.3 Å². The van der Waals surface area contributed by atoms with Gasteiger partial charge in [-0.1, -0.05) is 52.0 Å². The van der Waals surface area contributed by atoms with Crippen LogP contribution in [0.3, 0.4) is 0 Å². The molecule has 11 nitrogen and oxygen atoms in total. The van der Waals surface area contributed by atoms with Gasteiger partial charge in [0.25, 0.3) is 15.9 Å². The molecule has 4 bridgehead atoms. The molecule has 2 heterocycles. The van der Waals surface area contributed by atoms with Crippen LogP contribution < -0.4 is 9.46 Å². The maximum Gasteiger partial charge on any atom is 0.410 e. The fourth-order valence-corrected chi connectivity index (χ4v) is 8.00. The molecule has 0 radical (unpaired) electrons. The quantitative estimate of drug-likeness (QED) is 0.264. The highest BCUT2D eigenvalue weighted by atomic mass is 32.2. The second-order valence-corrected chi connectivity index (χ2v) is 17.9. The van der Waals surface area contributed by atoms with E-state index < -0.39 is 15.6 Å². The van der Waals surface area contributed by atoms with Gasteiger partial charge in [-0.25, -0.2) is 22.9 Å². The van der Waals surface area contributed by atoms with Crippen molar-refractivity contribution in [3.63, 3.8) is 0 Å². The number of anilines is 1. The molecule has 2 aliphatic rings. The van der Waals surface area contributed by atoms with Gasteiger partial charge >= 0.3 is 6.09 Å². The zero-order valence-corrected chi connectivity index (χ0v) is 32.3. The standard InChI is InChI=1S/C39H53N5O6S/c1-10-17-43(37(46)50-39(7,8)9)23-27-18-29(19-27)44-30(22-38(4,5)6)24-49-33-21-32(34-25(2)13-11-14-26(34)3)40-36(41-33)42-51(47,48)31-16-12-15-28(20-31)35(44)45/h11-16,20-21,27,29-30H,10,17-19,22-24H2,1-9H3,(H,40,41,42)/t27?,29?,30-/m1/s1. The van der Waals surface area contributed by atoms with Crippen molar-refractivity contribution in [1.29, 1.82) is 0 Å². The second-order valence-electron chi connectivity index (χ2n) is 16.2. The third-order valence-electron chi connectivity index (χ3n) is 9.18. The van der Waals surface area contributed by atoms with Crippen molar-refractivity contribution in [3.05, 3.63) is 65.2 Å². The molecule has 1 aliphatic heterocycles. The number of hydrogen-bond donors (Lipinski definition) is 1. The fraction of sp³-hybridized carbons (Fsp3) is 0.538. The van der Waals surface area contributed by atoms with Crippen LogP contribution in [0.15, 0.2) is 53.4 Å². The number of aromatic nitrogens is 2. The molecule has 1 aromatic heterocycles. The first-order valence-electron chi connectivity index (χ1n) is 17.9. The average molecular weight is 720 g/mol. The van der Waals surface area contributed by atoms with E-state index in [2.05, 4.69) is 35.5 Å². The summed E-state index contributed by atoms with van der Waals surface area (Å²) in [6.45, 7) is 19.2. The molecule has 1 N–H and O–H groups in total. The normalized spacial score (nSPS) is 20.5. The molecular formula is C39H53N5O6S. The summed E-state index contributed by atoms with van der Waals surface area (Å²) in [6.07, 6.45) is 2.46. The number of rotatable bonds is 7. The van der Waals surface area contributed by atoms with Crippen LogP contribution in [0.5, 0.6) is 5.88 Å². The smallest absolute Gasteiger partial charge is 0.410 e. The van der Waals surface area contributed by atoms with Crippen LogP contribution in [0.4, 0.5) is 10.7 Å². The van der Waals surface area contributed by atoms with Gasteiger partial charge in [0.05, 0.1) is 16.6 Å². The Hall–Kier alpha value is -4.19. The molecule has 1 saturated carbocycles. The van der Waals surface area contributed by atoms with Gasteiger partial charge in [-0.05, 0) is 101 Å². The topological polar surface area (TPSA) is 131 Å². The van der Waals surface area contributed by atoms with Gasteiger partial charge in [-0.2, -0.15) is 4.98 Å². The predicted molar refractivity (Wildman–Crippen MR) is 198 cm³/mol. The third kappa shape index (κ3) is 9.38. The van der Waals surface area contributed by atoms with Crippen LogP contribution in [0.25, 0.3) is 11.3 Å². The second kappa shape index (κ2) is 14.8. The lowest BCUT2D eigenvalue weighted by Crippen LogP contribution is -2.57. The summed E-state index contributed by atoms with van der Waals surface area (Å²) < 4.78 is 42.1. The summed E-state index contributed by atoms with van der Waals surface area (Å²) in [7, 11) is -4.17. The molecule has 51 heavy (non-hydrogen) atoms. The van der Waals surface area contributed by atoms with Crippen molar-refractivity contribution in [2.75, 3.05) is 24.4 Å². The van der Waals surface area contributed by atoms with E-state index in [1.165, 1.54) is 12.1 Å². The van der Waals surface area contributed by atoms with E-state index in [1.54, 1.807) is 23.1 Å². The van der Waals surface area contributed by atoms with Crippen LogP contribution in [-0.4, -0.2) is 77.6 Å². The number of hydrogen-bond acceptors (Lipinski definition) is 8. The molecule has 12 heteroatoms. The summed E-state index contributed by atoms with van der Waals surface area (Å²) in [5.74, 6) is -0.00689. The molecule has 0 unspecified atom stereocenters. The zero-order valence-electron chi connectivity index (χ0n) is 31.4. The number of fused-ring (bicyclic) bond motifs is 4. The summed E-state index contributed by atoms with van der Waals surface area (Å²) in [4.78, 5) is 40.4. The Kier molecular flexibility index (Phi) is 11.0. The van der Waals surface area contributed by atoms with Crippen molar-refractivity contribution < 1.29 is 27.5 Å². The van der Waals surface area contributed by atoms with Gasteiger partial charge in [-0.3, -0.25) is 4.79 Å². The Morgan fingerprint density at radius 2 is 1.69 bits per heavy atom. The van der Waals surface area contributed by atoms with Crippen molar-refractivity contribution in [2.45, 2.75) is 111 Å². The van der Waals surface area contributed by atoms with Gasteiger partial charge in [-0.15, -0.1) is 0 Å². The summed E-state index contributed by atoms with van der Waals surface area (Å²) >= 11 is 0. The summed E-state index contributed by atoms with van der Waals surface area (Å²) in [6, 6.07) is 13.3. The summed E-state index contributed by atoms with van der Waals surface area (Å²) in [5.41, 5.74) is 2.84. The number of carbonyl (C=O) groups is 2. The lowest BCUT2D eigenvalue weighted by molar-refractivity contribution is -0.00565. The first kappa shape index (κ1) is 38.1. The number of amides is 2. The number of nitrogens with zero attached hydrogens (tertiary/aromatic N) is 4. The molecule has 1 fully saturated rings. The third-order valence-corrected chi connectivity index (χ3v) is 10.5. The molecule has 0 spiro atoms. The van der Waals surface area contributed by atoms with Crippen molar-refractivity contribution in [1.82, 2.24) is 19.8 Å². The van der Waals surface area contributed by atoms with Crippen molar-refractivity contribution in [3.8, 4) is 17.1 Å². The van der Waals surface area contributed by atoms with E-state index in [0.717, 1.165) is 23.1 Å². The first-order valence-corrected chi connectivity index (χ1v) is 19.3. The maximum atomic E-state index is 14.6. The molecular weight excluding hydrogens is 667 g/mol. The highest BCUT2D eigenvalue weighted by molar-refractivity contribution is 7.92. The Labute approximate surface area is 303 Å². The Bertz CT molecular complexity index is 1840. The number of aryl methyl sites for hydroxylation is 2. The van der Waals surface area contributed by atoms with Gasteiger partial charge < -0.3 is 19.3 Å². The lowest BCUT2D eigenvalue weighted by Gasteiger charge is -2.48. The van der Waals surface area contributed by atoms with Crippen molar-refractivity contribution >= 4 is 28.0 Å². The molecule has 3 aromatic rings. The molecule has 2 aromatic carbocycles. The zero-order chi connectivity index (χ0) is 37.3. The number of sulfonamides is 1. The minimum absolute atomic E-state index is 0.0671. The number of ether oxygens (including phenoxy) is 2. The van der Waals surface area contributed by atoms with E-state index in [0.29, 0.717) is 38.0 Å². The van der Waals surface area contributed by atoms with E-state index in [9.17, 15) is 18.0 Å². The lowest BCUT2D eigenvalue weighted by atomic mass is 9.77. The van der Waals surface area contributed by atoms with Crippen molar-refractivity contribution in [2.24, 2.45) is 11.3 Å². The average Bonchev–Trinajstić information content (AvgIpc) is 2.99. The van der Waals surface area contributed by atoms with Crippen LogP contribution in [-0.2, 0) is 14.8 Å². The Morgan fingerprint density at radius 3 is 2.31 bits per heavy atom. The summed E-state index contributed by atoms with van der Waals surface area (Å²) in [5, 5.41) is 0. The maximum absolute atomic E-state index is 14.6. The van der Waals surface area contributed by atoms with E-state index in [1.807, 2.05) is 64.6 Å². The number of benzene rings is 2. The van der Waals surface area contributed by atoms with Crippen LogP contribution in [0.1, 0.15) is 95.6 Å². The minimum atomic E-state index is -4.17. The van der Waals surface area contributed by atoms with E-state index >= 15 is 0 Å². The fourth-order valence-electron chi connectivity index (χ4n) is 7.01. The van der Waals surface area contributed by atoms with Gasteiger partial charge in [0.15, 0.2) is 0 Å². The molecule has 276 valence electrons. The number of carbonyl (C=O) groups excluding carboxylic acids is 2. The van der Waals surface area contributed by atoms with Crippen LogP contribution in [0, 0.1) is 25.2 Å². The highest BCUT2D eigenvalue weighted by Crippen LogP contribution is 2.38. The molecule has 2 amide bonds. The molecule has 1 aliphatic carbocycles. The molecule has 5 rings (SSSR count). The van der Waals surface area contributed by atoms with Gasteiger partial charge in [0.2, 0.25) is 11.8 Å². The predicted octanol–water partition coefficient (Wildman–Crippen LogP) is 7.63. The van der Waals surface area contributed by atoms with E-state index in [4.69, 9.17) is 9.47 Å².